The average molecular weight is 1110 g/mol. The van der Waals surface area contributed by atoms with Crippen molar-refractivity contribution in [3.05, 3.63) is 83.4 Å². The van der Waals surface area contributed by atoms with Gasteiger partial charge in [-0.3, -0.25) is 4.90 Å². The number of alkyl halides is 1. The number of hydrogen-bond donors (Lipinski definition) is 1. The monoisotopic (exact) mass is 1110 g/mol. The number of nitrogens with one attached hydrogen (secondary N) is 1. The number of esters is 2. The van der Waals surface area contributed by atoms with E-state index in [4.69, 9.17) is 49.6 Å². The van der Waals surface area contributed by atoms with Crippen molar-refractivity contribution < 1.29 is 28.5 Å². The Labute approximate surface area is 460 Å². The first-order chi connectivity index (χ1) is 37.5. The van der Waals surface area contributed by atoms with Crippen LogP contribution in [0, 0.1) is 22.7 Å². The van der Waals surface area contributed by atoms with Gasteiger partial charge in [0.25, 0.3) is 0 Å². The van der Waals surface area contributed by atoms with E-state index in [1.54, 1.807) is 6.92 Å². The number of carbonyl (C=O) groups excluding carboxylic acids is 2. The minimum Gasteiger partial charge on any atom is -0.461 e. The van der Waals surface area contributed by atoms with E-state index in [0.29, 0.717) is 29.9 Å². The van der Waals surface area contributed by atoms with Crippen molar-refractivity contribution in [2.45, 2.75) is 91.1 Å². The minimum absolute atomic E-state index is 0.154. The topological polar surface area (TPSA) is 202 Å². The maximum absolute atomic E-state index is 12.9. The summed E-state index contributed by atoms with van der Waals surface area (Å²) in [4.78, 5) is 42.2. The zero-order valence-corrected chi connectivity index (χ0v) is 47.1. The van der Waals surface area contributed by atoms with Gasteiger partial charge >= 0.3 is 11.9 Å². The number of halogens is 1. The number of ether oxygens (including phenoxy) is 4. The second-order valence-electron chi connectivity index (χ2n) is 20.1. The molecule has 0 bridgehead atoms. The largest absolute Gasteiger partial charge is 0.461 e. The molecule has 0 saturated carbocycles. The summed E-state index contributed by atoms with van der Waals surface area (Å²) in [6.07, 6.45) is 3.74. The zero-order chi connectivity index (χ0) is 54.4. The molecule has 4 aliphatic heterocycles. The standard InChI is InChI=1S/C29H36N6O3.C27H35N5O3.C2H2BrN/c1-4-38-29(36)25-19-24(21-5-7-22(8-6-21)34-15-17-37-18-16-34)26-27(20(2)3)32-35(28(26)31-25)23-9-12-33(13-10-23)14-11-30;1-4-35-27(33)23-17-22(19-5-7-20(8-6-19)31-13-15-34-16-14-31)24-25(18(2)3)30-32(26(24)29-23)21-9-11-28-12-10-21;3-1-2-4/h5-8,19-20,23H,4,9-10,12-18H2,1-3H3;5-8,17-18,21,28H,4,9-16H2,1-3H3;1H2. The molecule has 18 nitrogen and oxygen atoms in total. The normalized spacial score (nSPS) is 16.6. The van der Waals surface area contributed by atoms with E-state index in [1.807, 2.05) is 29.8 Å². The van der Waals surface area contributed by atoms with E-state index >= 15 is 0 Å². The van der Waals surface area contributed by atoms with Crippen LogP contribution in [0.2, 0.25) is 0 Å². The summed E-state index contributed by atoms with van der Waals surface area (Å²) in [5, 5.41) is 32.8. The lowest BCUT2D eigenvalue weighted by Gasteiger charge is -2.30. The molecule has 0 amide bonds. The summed E-state index contributed by atoms with van der Waals surface area (Å²) < 4.78 is 25.8. The van der Waals surface area contributed by atoms with Gasteiger partial charge < -0.3 is 34.1 Å². The Hall–Kier alpha value is -6.48. The number of carbonyl (C=O) groups is 2. The Morgan fingerprint density at radius 1 is 0.649 bits per heavy atom. The maximum Gasteiger partial charge on any atom is 0.357 e. The lowest BCUT2D eigenvalue weighted by atomic mass is 9.97. The number of aromatic nitrogens is 6. The predicted octanol–water partition coefficient (Wildman–Crippen LogP) is 9.46. The number of pyridine rings is 2. The SMILES string of the molecule is CCOC(=O)c1cc(-c2ccc(N3CCOCC3)cc2)c2c(C(C)C)nn(C3CCN(CC#N)CC3)c2n1.CCOC(=O)c1cc(-c2ccc(N3CCOCC3)cc2)c2c(C(C)C)nn(C3CCNCC3)c2n1.N#CCBr. The summed E-state index contributed by atoms with van der Waals surface area (Å²) in [6, 6.07) is 25.4. The molecule has 4 saturated heterocycles. The number of fused-ring (bicyclic) bond motifs is 2. The highest BCUT2D eigenvalue weighted by atomic mass is 79.9. The molecule has 4 aromatic heterocycles. The summed E-state index contributed by atoms with van der Waals surface area (Å²) in [5.41, 5.74) is 10.5. The third-order valence-corrected chi connectivity index (χ3v) is 14.7. The minimum atomic E-state index is -0.428. The fourth-order valence-electron chi connectivity index (χ4n) is 10.5. The second kappa shape index (κ2) is 27.2. The number of rotatable bonds is 13. The van der Waals surface area contributed by atoms with Gasteiger partial charge in [-0.05, 0) is 123 Å². The Balaban J connectivity index is 0.000000191. The van der Waals surface area contributed by atoms with Crippen LogP contribution in [0.3, 0.4) is 0 Å². The van der Waals surface area contributed by atoms with Crippen molar-refractivity contribution in [2.24, 2.45) is 0 Å². The third kappa shape index (κ3) is 13.4. The maximum atomic E-state index is 12.9. The third-order valence-electron chi connectivity index (χ3n) is 14.5. The van der Waals surface area contributed by atoms with Crippen LogP contribution in [0.4, 0.5) is 11.4 Å². The van der Waals surface area contributed by atoms with Crippen molar-refractivity contribution >= 4 is 61.3 Å². The highest BCUT2D eigenvalue weighted by molar-refractivity contribution is 9.09. The van der Waals surface area contributed by atoms with Crippen LogP contribution in [-0.4, -0.2) is 150 Å². The molecular weight excluding hydrogens is 1040 g/mol. The van der Waals surface area contributed by atoms with Crippen LogP contribution in [-0.2, 0) is 18.9 Å². The van der Waals surface area contributed by atoms with Crippen molar-refractivity contribution in [3.8, 4) is 34.4 Å². The van der Waals surface area contributed by atoms with E-state index in [-0.39, 0.29) is 30.5 Å². The number of nitrogens with zero attached hydrogens (tertiary/aromatic N) is 11. The molecule has 10 rings (SSSR count). The van der Waals surface area contributed by atoms with Gasteiger partial charge in [-0.25, -0.2) is 28.9 Å². The molecule has 0 aliphatic carbocycles. The Bertz CT molecular complexity index is 3010. The Morgan fingerprint density at radius 2 is 1.05 bits per heavy atom. The van der Waals surface area contributed by atoms with Crippen molar-refractivity contribution in [1.29, 1.82) is 10.5 Å². The number of nitriles is 2. The number of hydrogen-bond acceptors (Lipinski definition) is 16. The summed E-state index contributed by atoms with van der Waals surface area (Å²) in [7, 11) is 0. The molecule has 6 aromatic rings. The lowest BCUT2D eigenvalue weighted by Crippen LogP contribution is -2.36. The first kappa shape index (κ1) is 56.7. The van der Waals surface area contributed by atoms with Crippen molar-refractivity contribution in [1.82, 2.24) is 39.7 Å². The number of piperidine rings is 2. The molecule has 0 atom stereocenters. The molecule has 2 aromatic carbocycles. The van der Waals surface area contributed by atoms with Gasteiger partial charge in [0.15, 0.2) is 22.7 Å². The van der Waals surface area contributed by atoms with Gasteiger partial charge in [-0.15, -0.1) is 0 Å². The van der Waals surface area contributed by atoms with Crippen molar-refractivity contribution in [3.63, 3.8) is 0 Å². The summed E-state index contributed by atoms with van der Waals surface area (Å²) >= 11 is 2.89. The quantitative estimate of drug-likeness (QED) is 0.0650. The average Bonchev–Trinajstić information content (AvgIpc) is 4.18. The van der Waals surface area contributed by atoms with Gasteiger partial charge in [-0.2, -0.15) is 20.7 Å². The van der Waals surface area contributed by atoms with E-state index < -0.39 is 11.9 Å². The van der Waals surface area contributed by atoms with E-state index in [9.17, 15) is 9.59 Å². The number of benzene rings is 2. The lowest BCUT2D eigenvalue weighted by molar-refractivity contribution is 0.0510. The highest BCUT2D eigenvalue weighted by Crippen LogP contribution is 2.40. The highest BCUT2D eigenvalue weighted by Gasteiger charge is 2.30. The Kier molecular flexibility index (Phi) is 20.0. The van der Waals surface area contributed by atoms with Crippen LogP contribution in [0.25, 0.3) is 44.3 Å². The van der Waals surface area contributed by atoms with Gasteiger partial charge in [0, 0.05) is 50.6 Å². The van der Waals surface area contributed by atoms with Crippen LogP contribution >= 0.6 is 15.9 Å². The van der Waals surface area contributed by atoms with Crippen LogP contribution < -0.4 is 15.1 Å². The van der Waals surface area contributed by atoms with Gasteiger partial charge in [0.1, 0.15) is 0 Å². The van der Waals surface area contributed by atoms with E-state index in [0.717, 1.165) is 166 Å². The number of morpholine rings is 2. The molecule has 77 heavy (non-hydrogen) atoms. The van der Waals surface area contributed by atoms with Crippen LogP contribution in [0.5, 0.6) is 0 Å². The molecular formula is C58H73BrN12O6. The fourth-order valence-corrected chi connectivity index (χ4v) is 10.5. The van der Waals surface area contributed by atoms with Crippen LogP contribution in [0.1, 0.15) is 124 Å². The van der Waals surface area contributed by atoms with Crippen LogP contribution in [0.15, 0.2) is 60.7 Å². The molecule has 8 heterocycles. The predicted molar refractivity (Wildman–Crippen MR) is 303 cm³/mol. The molecule has 1 N–H and O–H groups in total. The molecule has 0 unspecified atom stereocenters. The molecule has 19 heteroatoms. The van der Waals surface area contributed by atoms with Gasteiger partial charge in [-0.1, -0.05) is 67.9 Å². The van der Waals surface area contributed by atoms with Gasteiger partial charge in [0.2, 0.25) is 0 Å². The first-order valence-corrected chi connectivity index (χ1v) is 28.4. The molecule has 4 aliphatic rings. The fraction of sp³-hybridized carbons (Fsp3) is 0.517. The number of anilines is 2. The van der Waals surface area contributed by atoms with Gasteiger partial charge in [0.05, 0.1) is 97.9 Å². The second-order valence-corrected chi connectivity index (χ2v) is 20.7. The molecule has 4 fully saturated rings. The van der Waals surface area contributed by atoms with E-state index in [1.165, 1.54) is 5.69 Å². The summed E-state index contributed by atoms with van der Waals surface area (Å²) in [6.45, 7) is 23.4. The summed E-state index contributed by atoms with van der Waals surface area (Å²) in [5.74, 6) is -0.422. The molecule has 408 valence electrons. The molecule has 0 radical (unpaired) electrons. The Morgan fingerprint density at radius 3 is 1.42 bits per heavy atom. The van der Waals surface area contributed by atoms with E-state index in [2.05, 4.69) is 123 Å². The zero-order valence-electron chi connectivity index (χ0n) is 45.5. The number of likely N-dealkylation sites (tertiary alicyclic amines) is 1. The smallest absolute Gasteiger partial charge is 0.357 e. The van der Waals surface area contributed by atoms with Crippen molar-refractivity contribution in [2.75, 3.05) is 114 Å². The molecule has 0 spiro atoms. The first-order valence-electron chi connectivity index (χ1n) is 27.3.